The van der Waals surface area contributed by atoms with Crippen LogP contribution in [0.5, 0.6) is 0 Å². The van der Waals surface area contributed by atoms with E-state index in [1.165, 1.54) is 64.2 Å². The number of aliphatic hydroxyl groups is 1. The van der Waals surface area contributed by atoms with Crippen molar-refractivity contribution < 1.29 is 5.11 Å². The number of hydrogen-bond acceptors (Lipinski definition) is 2. The van der Waals surface area contributed by atoms with E-state index in [4.69, 9.17) is 5.11 Å². The molecule has 0 bridgehead atoms. The van der Waals surface area contributed by atoms with Crippen LogP contribution in [0, 0.1) is 0 Å². The second kappa shape index (κ2) is 8.25. The fourth-order valence-corrected chi connectivity index (χ4v) is 2.32. The van der Waals surface area contributed by atoms with Crippen molar-refractivity contribution in [2.24, 2.45) is 0 Å². The molecule has 14 heavy (non-hydrogen) atoms. The predicted octanol–water partition coefficient (Wildman–Crippen LogP) is 2.81. The van der Waals surface area contributed by atoms with E-state index in [0.29, 0.717) is 6.04 Å². The van der Waals surface area contributed by atoms with Crippen LogP contribution >= 0.6 is 0 Å². The highest BCUT2D eigenvalue weighted by atomic mass is 16.3. The molecule has 0 saturated heterocycles. The van der Waals surface area contributed by atoms with Crippen molar-refractivity contribution in [2.75, 3.05) is 6.73 Å². The zero-order chi connectivity index (χ0) is 10.1. The molecule has 0 unspecified atom stereocenters. The van der Waals surface area contributed by atoms with Crippen molar-refractivity contribution in [3.63, 3.8) is 0 Å². The van der Waals surface area contributed by atoms with E-state index in [9.17, 15) is 0 Å². The van der Waals surface area contributed by atoms with Crippen LogP contribution in [0.2, 0.25) is 0 Å². The lowest BCUT2D eigenvalue weighted by atomic mass is 10.0. The molecule has 1 aliphatic rings. The van der Waals surface area contributed by atoms with E-state index in [1.807, 2.05) is 0 Å². The van der Waals surface area contributed by atoms with Crippen LogP contribution < -0.4 is 5.32 Å². The fraction of sp³-hybridized carbons (Fsp3) is 1.00. The third-order valence-corrected chi connectivity index (χ3v) is 3.24. The summed E-state index contributed by atoms with van der Waals surface area (Å²) in [5.41, 5.74) is 0. The normalized spacial score (nSPS) is 22.9. The topological polar surface area (TPSA) is 32.3 Å². The van der Waals surface area contributed by atoms with Crippen LogP contribution in [0.4, 0.5) is 0 Å². The monoisotopic (exact) mass is 199 g/mol. The van der Waals surface area contributed by atoms with Gasteiger partial charge in [0.1, 0.15) is 0 Å². The van der Waals surface area contributed by atoms with Gasteiger partial charge in [-0.2, -0.15) is 0 Å². The Kier molecular flexibility index (Phi) is 7.06. The fourth-order valence-electron chi connectivity index (χ4n) is 2.32. The molecule has 84 valence electrons. The molecule has 0 radical (unpaired) electrons. The van der Waals surface area contributed by atoms with Gasteiger partial charge in [-0.05, 0) is 12.8 Å². The van der Waals surface area contributed by atoms with Gasteiger partial charge in [0.25, 0.3) is 0 Å². The lowest BCUT2D eigenvalue weighted by Gasteiger charge is -2.16. The summed E-state index contributed by atoms with van der Waals surface area (Å²) >= 11 is 0. The van der Waals surface area contributed by atoms with Gasteiger partial charge in [0.2, 0.25) is 0 Å². The number of rotatable bonds is 2. The molecule has 0 aromatic carbocycles. The second-order valence-electron chi connectivity index (χ2n) is 4.46. The zero-order valence-corrected chi connectivity index (χ0v) is 9.30. The van der Waals surface area contributed by atoms with E-state index in [0.717, 1.165) is 0 Å². The molecule has 2 nitrogen and oxygen atoms in total. The molecule has 0 aromatic heterocycles. The summed E-state index contributed by atoms with van der Waals surface area (Å²) in [7, 11) is 0. The third kappa shape index (κ3) is 5.61. The van der Waals surface area contributed by atoms with Crippen LogP contribution in [0.15, 0.2) is 0 Å². The standard InChI is InChI=1S/C12H25NO/c14-11-13-12-9-7-5-3-1-2-4-6-8-10-12/h12-14H,1-11H2. The molecule has 1 saturated carbocycles. The minimum absolute atomic E-state index is 0.144. The molecule has 2 N–H and O–H groups in total. The van der Waals surface area contributed by atoms with Gasteiger partial charge in [0, 0.05) is 6.04 Å². The van der Waals surface area contributed by atoms with Gasteiger partial charge >= 0.3 is 0 Å². The van der Waals surface area contributed by atoms with Crippen molar-refractivity contribution in [1.29, 1.82) is 0 Å². The Balaban J connectivity index is 2.20. The first kappa shape index (κ1) is 12.0. The molecule has 1 fully saturated rings. The smallest absolute Gasteiger partial charge is 0.0933 e. The van der Waals surface area contributed by atoms with Crippen LogP contribution in [0.25, 0.3) is 0 Å². The molecular formula is C12H25NO. The molecule has 1 aliphatic carbocycles. The van der Waals surface area contributed by atoms with Crippen molar-refractivity contribution in [3.8, 4) is 0 Å². The predicted molar refractivity (Wildman–Crippen MR) is 60.2 cm³/mol. The average Bonchev–Trinajstić information content (AvgIpc) is 2.24. The van der Waals surface area contributed by atoms with Gasteiger partial charge in [-0.1, -0.05) is 51.4 Å². The van der Waals surface area contributed by atoms with Gasteiger partial charge in [-0.15, -0.1) is 0 Å². The van der Waals surface area contributed by atoms with Crippen LogP contribution in [-0.4, -0.2) is 17.9 Å². The molecule has 0 atom stereocenters. The third-order valence-electron chi connectivity index (χ3n) is 3.24. The summed E-state index contributed by atoms with van der Waals surface area (Å²) in [5.74, 6) is 0. The molecule has 0 aliphatic heterocycles. The van der Waals surface area contributed by atoms with Crippen LogP contribution in [0.1, 0.15) is 64.2 Å². The highest BCUT2D eigenvalue weighted by molar-refractivity contribution is 4.66. The minimum Gasteiger partial charge on any atom is -0.381 e. The average molecular weight is 199 g/mol. The number of nitrogens with one attached hydrogen (secondary N) is 1. The highest BCUT2D eigenvalue weighted by Crippen LogP contribution is 2.16. The Morgan fingerprint density at radius 1 is 0.786 bits per heavy atom. The van der Waals surface area contributed by atoms with Gasteiger partial charge in [-0.25, -0.2) is 0 Å². The number of hydrogen-bond donors (Lipinski definition) is 2. The second-order valence-corrected chi connectivity index (χ2v) is 4.46. The quantitative estimate of drug-likeness (QED) is 0.670. The van der Waals surface area contributed by atoms with Gasteiger partial charge in [0.15, 0.2) is 0 Å². The Morgan fingerprint density at radius 2 is 1.21 bits per heavy atom. The van der Waals surface area contributed by atoms with Gasteiger partial charge in [-0.3, -0.25) is 5.32 Å². The number of aliphatic hydroxyl groups excluding tert-OH is 1. The summed E-state index contributed by atoms with van der Waals surface area (Å²) in [6, 6.07) is 0.568. The van der Waals surface area contributed by atoms with Crippen LogP contribution in [-0.2, 0) is 0 Å². The van der Waals surface area contributed by atoms with Gasteiger partial charge in [0.05, 0.1) is 6.73 Å². The van der Waals surface area contributed by atoms with Crippen molar-refractivity contribution in [3.05, 3.63) is 0 Å². The first-order chi connectivity index (χ1) is 6.93. The van der Waals surface area contributed by atoms with E-state index in [-0.39, 0.29) is 6.73 Å². The lowest BCUT2D eigenvalue weighted by Crippen LogP contribution is -2.29. The molecule has 0 aromatic rings. The Hall–Kier alpha value is -0.0800. The van der Waals surface area contributed by atoms with E-state index < -0.39 is 0 Å². The molecule has 2 heteroatoms. The maximum atomic E-state index is 8.85. The van der Waals surface area contributed by atoms with E-state index in [2.05, 4.69) is 5.32 Å². The van der Waals surface area contributed by atoms with E-state index in [1.54, 1.807) is 0 Å². The Bertz CT molecular complexity index is 115. The maximum Gasteiger partial charge on any atom is 0.0933 e. The molecule has 0 heterocycles. The zero-order valence-electron chi connectivity index (χ0n) is 9.30. The molecule has 0 amide bonds. The summed E-state index contributed by atoms with van der Waals surface area (Å²) in [5, 5.41) is 12.0. The highest BCUT2D eigenvalue weighted by Gasteiger charge is 2.07. The Morgan fingerprint density at radius 3 is 1.64 bits per heavy atom. The van der Waals surface area contributed by atoms with Gasteiger partial charge < -0.3 is 5.11 Å². The van der Waals surface area contributed by atoms with Crippen molar-refractivity contribution in [1.82, 2.24) is 5.32 Å². The van der Waals surface area contributed by atoms with Crippen molar-refractivity contribution >= 4 is 0 Å². The summed E-state index contributed by atoms with van der Waals surface area (Å²) < 4.78 is 0. The molecule has 1 rings (SSSR count). The minimum atomic E-state index is 0.144. The summed E-state index contributed by atoms with van der Waals surface area (Å²) in [6.07, 6.45) is 13.6. The largest absolute Gasteiger partial charge is 0.381 e. The first-order valence-electron chi connectivity index (χ1n) is 6.27. The Labute approximate surface area is 88.1 Å². The van der Waals surface area contributed by atoms with Crippen LogP contribution in [0.3, 0.4) is 0 Å². The first-order valence-corrected chi connectivity index (χ1v) is 6.27. The molecular weight excluding hydrogens is 174 g/mol. The van der Waals surface area contributed by atoms with E-state index >= 15 is 0 Å². The lowest BCUT2D eigenvalue weighted by molar-refractivity contribution is 0.230. The summed E-state index contributed by atoms with van der Waals surface area (Å²) in [4.78, 5) is 0. The van der Waals surface area contributed by atoms with Crippen molar-refractivity contribution in [2.45, 2.75) is 70.3 Å². The SMILES string of the molecule is OCNC1CCCCCCCCCC1. The maximum absolute atomic E-state index is 8.85. The molecule has 0 spiro atoms. The summed E-state index contributed by atoms with van der Waals surface area (Å²) in [6.45, 7) is 0.144.